The molecular formula is C15H24N2O2S. The Balaban J connectivity index is 2.32. The van der Waals surface area contributed by atoms with Crippen LogP contribution in [-0.2, 0) is 23.0 Å². The number of nitrogens with one attached hydrogen (secondary N) is 1. The fourth-order valence-electron chi connectivity index (χ4n) is 2.62. The van der Waals surface area contributed by atoms with E-state index in [-0.39, 0.29) is 0 Å². The molecule has 1 aromatic rings. The monoisotopic (exact) mass is 296 g/mol. The average Bonchev–Trinajstić information content (AvgIpc) is 2.46. The maximum atomic E-state index is 12.7. The van der Waals surface area contributed by atoms with Crippen molar-refractivity contribution < 1.29 is 8.42 Å². The van der Waals surface area contributed by atoms with Gasteiger partial charge in [-0.05, 0) is 49.1 Å². The molecule has 0 atom stereocenters. The van der Waals surface area contributed by atoms with Gasteiger partial charge in [0, 0.05) is 19.6 Å². The number of rotatable bonds is 6. The SMILES string of the molecule is CCCN(CCC)S(=O)(=O)c1ccc2c(c1)CNCC2. The highest BCUT2D eigenvalue weighted by Gasteiger charge is 2.24. The Morgan fingerprint density at radius 1 is 1.15 bits per heavy atom. The molecule has 1 N–H and O–H groups in total. The van der Waals surface area contributed by atoms with Crippen LogP contribution < -0.4 is 5.32 Å². The van der Waals surface area contributed by atoms with Crippen LogP contribution in [-0.4, -0.2) is 32.4 Å². The molecule has 1 aliphatic rings. The van der Waals surface area contributed by atoms with Crippen LogP contribution in [0.5, 0.6) is 0 Å². The van der Waals surface area contributed by atoms with Crippen molar-refractivity contribution in [3.8, 4) is 0 Å². The quantitative estimate of drug-likeness (QED) is 0.875. The maximum absolute atomic E-state index is 12.7. The molecule has 20 heavy (non-hydrogen) atoms. The van der Waals surface area contributed by atoms with Crippen molar-refractivity contribution in [3.63, 3.8) is 0 Å². The van der Waals surface area contributed by atoms with E-state index < -0.39 is 10.0 Å². The maximum Gasteiger partial charge on any atom is 0.243 e. The van der Waals surface area contributed by atoms with Gasteiger partial charge in [0.15, 0.2) is 0 Å². The van der Waals surface area contributed by atoms with Crippen molar-refractivity contribution in [1.82, 2.24) is 9.62 Å². The minimum atomic E-state index is -3.35. The summed E-state index contributed by atoms with van der Waals surface area (Å²) in [7, 11) is -3.35. The van der Waals surface area contributed by atoms with Crippen molar-refractivity contribution in [3.05, 3.63) is 29.3 Å². The van der Waals surface area contributed by atoms with Gasteiger partial charge < -0.3 is 5.32 Å². The molecule has 1 aromatic carbocycles. The van der Waals surface area contributed by atoms with Gasteiger partial charge in [0.05, 0.1) is 4.90 Å². The molecule has 0 radical (unpaired) electrons. The molecule has 4 nitrogen and oxygen atoms in total. The number of sulfonamides is 1. The summed E-state index contributed by atoms with van der Waals surface area (Å²) >= 11 is 0. The average molecular weight is 296 g/mol. The zero-order valence-corrected chi connectivity index (χ0v) is 13.2. The molecule has 0 aromatic heterocycles. The first-order valence-corrected chi connectivity index (χ1v) is 8.86. The van der Waals surface area contributed by atoms with Gasteiger partial charge in [0.2, 0.25) is 10.0 Å². The molecule has 1 aliphatic heterocycles. The smallest absolute Gasteiger partial charge is 0.243 e. The van der Waals surface area contributed by atoms with Gasteiger partial charge in [-0.3, -0.25) is 0 Å². The van der Waals surface area contributed by atoms with Gasteiger partial charge in [-0.1, -0.05) is 19.9 Å². The molecule has 2 rings (SSSR count). The highest BCUT2D eigenvalue weighted by Crippen LogP contribution is 2.22. The Bertz CT molecular complexity index is 549. The van der Waals surface area contributed by atoms with Crippen molar-refractivity contribution in [1.29, 1.82) is 0 Å². The Labute approximate surface area is 122 Å². The largest absolute Gasteiger partial charge is 0.312 e. The minimum absolute atomic E-state index is 0.432. The molecule has 0 fully saturated rings. The summed E-state index contributed by atoms with van der Waals surface area (Å²) in [5.74, 6) is 0. The van der Waals surface area contributed by atoms with E-state index in [1.54, 1.807) is 10.4 Å². The second kappa shape index (κ2) is 6.70. The minimum Gasteiger partial charge on any atom is -0.312 e. The fourth-order valence-corrected chi connectivity index (χ4v) is 4.29. The fraction of sp³-hybridized carbons (Fsp3) is 0.600. The van der Waals surface area contributed by atoms with E-state index in [1.165, 1.54) is 5.56 Å². The Kier molecular flexibility index (Phi) is 5.18. The van der Waals surface area contributed by atoms with Gasteiger partial charge in [-0.25, -0.2) is 8.42 Å². The van der Waals surface area contributed by atoms with Crippen molar-refractivity contribution in [2.24, 2.45) is 0 Å². The van der Waals surface area contributed by atoms with Gasteiger partial charge in [-0.2, -0.15) is 4.31 Å². The number of hydrogen-bond acceptors (Lipinski definition) is 3. The van der Waals surface area contributed by atoms with E-state index >= 15 is 0 Å². The predicted octanol–water partition coefficient (Wildman–Crippen LogP) is 2.14. The summed E-state index contributed by atoms with van der Waals surface area (Å²) < 4.78 is 27.0. The Hall–Kier alpha value is -0.910. The summed E-state index contributed by atoms with van der Waals surface area (Å²) in [4.78, 5) is 0.432. The zero-order chi connectivity index (χ0) is 14.6. The summed E-state index contributed by atoms with van der Waals surface area (Å²) in [5.41, 5.74) is 2.38. The van der Waals surface area contributed by atoms with Crippen LogP contribution in [0, 0.1) is 0 Å². The zero-order valence-electron chi connectivity index (χ0n) is 12.4. The highest BCUT2D eigenvalue weighted by molar-refractivity contribution is 7.89. The number of nitrogens with zero attached hydrogens (tertiary/aromatic N) is 1. The lowest BCUT2D eigenvalue weighted by molar-refractivity contribution is 0.410. The first-order chi connectivity index (χ1) is 9.59. The van der Waals surface area contributed by atoms with Gasteiger partial charge >= 0.3 is 0 Å². The van der Waals surface area contributed by atoms with E-state index in [0.29, 0.717) is 18.0 Å². The molecule has 0 amide bonds. The molecule has 0 aliphatic carbocycles. The molecule has 0 saturated heterocycles. The lowest BCUT2D eigenvalue weighted by atomic mass is 10.0. The van der Waals surface area contributed by atoms with Crippen LogP contribution in [0.1, 0.15) is 37.8 Å². The lowest BCUT2D eigenvalue weighted by Crippen LogP contribution is -2.33. The second-order valence-corrected chi connectivity index (χ2v) is 7.20. The topological polar surface area (TPSA) is 49.4 Å². The Morgan fingerprint density at radius 2 is 1.85 bits per heavy atom. The van der Waals surface area contributed by atoms with E-state index in [1.807, 2.05) is 26.0 Å². The van der Waals surface area contributed by atoms with E-state index in [9.17, 15) is 8.42 Å². The highest BCUT2D eigenvalue weighted by atomic mass is 32.2. The molecule has 0 unspecified atom stereocenters. The number of benzene rings is 1. The lowest BCUT2D eigenvalue weighted by Gasteiger charge is -2.23. The number of fused-ring (bicyclic) bond motifs is 1. The molecule has 0 spiro atoms. The van der Waals surface area contributed by atoms with E-state index in [2.05, 4.69) is 5.32 Å². The second-order valence-electron chi connectivity index (χ2n) is 5.26. The van der Waals surface area contributed by atoms with Gasteiger partial charge in [0.1, 0.15) is 0 Å². The number of hydrogen-bond donors (Lipinski definition) is 1. The van der Waals surface area contributed by atoms with Gasteiger partial charge in [0.25, 0.3) is 0 Å². The van der Waals surface area contributed by atoms with E-state index in [0.717, 1.165) is 37.9 Å². The van der Waals surface area contributed by atoms with Gasteiger partial charge in [-0.15, -0.1) is 0 Å². The molecule has 0 bridgehead atoms. The summed E-state index contributed by atoms with van der Waals surface area (Å²) in [6.45, 7) is 6.93. The van der Waals surface area contributed by atoms with E-state index in [4.69, 9.17) is 0 Å². The summed E-state index contributed by atoms with van der Waals surface area (Å²) in [6.07, 6.45) is 2.65. The third-order valence-electron chi connectivity index (χ3n) is 3.65. The standard InChI is InChI=1S/C15H24N2O2S/c1-3-9-17(10-4-2)20(18,19)15-6-5-13-7-8-16-12-14(13)11-15/h5-6,11,16H,3-4,7-10,12H2,1-2H3. The summed E-state index contributed by atoms with van der Waals surface area (Å²) in [6, 6.07) is 5.58. The molecule has 5 heteroatoms. The predicted molar refractivity (Wildman–Crippen MR) is 81.2 cm³/mol. The molecule has 0 saturated carbocycles. The first kappa shape index (κ1) is 15.5. The van der Waals surface area contributed by atoms with Crippen LogP contribution in [0.4, 0.5) is 0 Å². The van der Waals surface area contributed by atoms with Crippen molar-refractivity contribution in [2.45, 2.75) is 44.6 Å². The normalized spacial score (nSPS) is 15.3. The van der Waals surface area contributed by atoms with Crippen LogP contribution in [0.25, 0.3) is 0 Å². The van der Waals surface area contributed by atoms with Crippen LogP contribution >= 0.6 is 0 Å². The van der Waals surface area contributed by atoms with Crippen molar-refractivity contribution in [2.75, 3.05) is 19.6 Å². The van der Waals surface area contributed by atoms with Crippen LogP contribution in [0.3, 0.4) is 0 Å². The Morgan fingerprint density at radius 3 is 2.50 bits per heavy atom. The van der Waals surface area contributed by atoms with Crippen molar-refractivity contribution >= 4 is 10.0 Å². The molecule has 112 valence electrons. The molecule has 1 heterocycles. The third kappa shape index (κ3) is 3.22. The summed E-state index contributed by atoms with van der Waals surface area (Å²) in [5, 5.41) is 3.29. The molecular weight excluding hydrogens is 272 g/mol. The van der Waals surface area contributed by atoms with Crippen LogP contribution in [0.2, 0.25) is 0 Å². The third-order valence-corrected chi connectivity index (χ3v) is 5.54. The first-order valence-electron chi connectivity index (χ1n) is 7.42. The van der Waals surface area contributed by atoms with Crippen LogP contribution in [0.15, 0.2) is 23.1 Å².